The average molecular weight is 383 g/mol. The van der Waals surface area contributed by atoms with Crippen molar-refractivity contribution in [2.45, 2.75) is 58.8 Å². The van der Waals surface area contributed by atoms with Gasteiger partial charge in [-0.25, -0.2) is 8.78 Å². The maximum Gasteiger partial charge on any atom is 0.191 e. The highest BCUT2D eigenvalue weighted by Crippen LogP contribution is 2.53. The first-order chi connectivity index (χ1) is 13.2. The molecule has 4 rings (SSSR count). The molecular formula is C24H27F2NO. The van der Waals surface area contributed by atoms with Crippen molar-refractivity contribution in [3.05, 3.63) is 53.2 Å². The second-order valence-electron chi connectivity index (χ2n) is 9.74. The molecule has 2 saturated carbocycles. The van der Waals surface area contributed by atoms with Crippen LogP contribution in [0.25, 0.3) is 10.9 Å². The van der Waals surface area contributed by atoms with Crippen LogP contribution in [0.4, 0.5) is 8.78 Å². The molecule has 0 saturated heterocycles. The summed E-state index contributed by atoms with van der Waals surface area (Å²) in [5, 5.41) is 0.884. The van der Waals surface area contributed by atoms with E-state index >= 15 is 0 Å². The predicted molar refractivity (Wildman–Crippen MR) is 107 cm³/mol. The summed E-state index contributed by atoms with van der Waals surface area (Å²) >= 11 is 0. The largest absolute Gasteiger partial charge is 0.292 e. The van der Waals surface area contributed by atoms with Gasteiger partial charge in [0, 0.05) is 18.0 Å². The van der Waals surface area contributed by atoms with Crippen LogP contribution in [0.1, 0.15) is 64.4 Å². The molecule has 2 fully saturated rings. The first-order valence-corrected chi connectivity index (χ1v) is 10.2. The van der Waals surface area contributed by atoms with E-state index in [-0.39, 0.29) is 23.4 Å². The highest BCUT2D eigenvalue weighted by molar-refractivity contribution is 5.94. The summed E-state index contributed by atoms with van der Waals surface area (Å²) < 4.78 is 28.5. The number of pyridine rings is 1. The molecule has 0 amide bonds. The van der Waals surface area contributed by atoms with E-state index < -0.39 is 5.83 Å². The molecule has 3 atom stereocenters. The molecule has 1 aromatic carbocycles. The number of aromatic nitrogens is 1. The van der Waals surface area contributed by atoms with Gasteiger partial charge in [0.25, 0.3) is 0 Å². The quantitative estimate of drug-likeness (QED) is 0.566. The van der Waals surface area contributed by atoms with Gasteiger partial charge in [-0.05, 0) is 84.3 Å². The van der Waals surface area contributed by atoms with Crippen LogP contribution in [0.15, 0.2) is 41.9 Å². The van der Waals surface area contributed by atoms with Gasteiger partial charge < -0.3 is 0 Å². The number of allylic oxidation sites excluding steroid dienone is 2. The number of nitrogens with zero attached hydrogens (tertiary/aromatic N) is 1. The third kappa shape index (κ3) is 3.74. The maximum atomic E-state index is 14.7. The van der Waals surface area contributed by atoms with Crippen molar-refractivity contribution in [3.63, 3.8) is 0 Å². The normalized spacial score (nSPS) is 26.5. The molecule has 28 heavy (non-hydrogen) atoms. The Balaban J connectivity index is 1.51. The van der Waals surface area contributed by atoms with Crippen molar-refractivity contribution in [2.75, 3.05) is 0 Å². The molecule has 0 bridgehead atoms. The van der Waals surface area contributed by atoms with E-state index in [4.69, 9.17) is 0 Å². The van der Waals surface area contributed by atoms with E-state index in [1.807, 2.05) is 26.8 Å². The van der Waals surface area contributed by atoms with Crippen LogP contribution in [0.5, 0.6) is 0 Å². The Hall–Kier alpha value is -2.10. The van der Waals surface area contributed by atoms with Gasteiger partial charge in [0.15, 0.2) is 11.6 Å². The van der Waals surface area contributed by atoms with Gasteiger partial charge in [0.2, 0.25) is 0 Å². The lowest BCUT2D eigenvalue weighted by Gasteiger charge is -2.17. The summed E-state index contributed by atoms with van der Waals surface area (Å²) in [6, 6.07) is 6.73. The van der Waals surface area contributed by atoms with Crippen LogP contribution in [0.3, 0.4) is 0 Å². The third-order valence-corrected chi connectivity index (χ3v) is 6.28. The Morgan fingerprint density at radius 2 is 1.82 bits per heavy atom. The number of halogens is 2. The van der Waals surface area contributed by atoms with Crippen LogP contribution in [-0.2, 0) is 4.79 Å². The van der Waals surface area contributed by atoms with Crippen molar-refractivity contribution >= 4 is 16.7 Å². The Kier molecular flexibility index (Phi) is 4.84. The van der Waals surface area contributed by atoms with Crippen LogP contribution in [0.2, 0.25) is 0 Å². The zero-order valence-corrected chi connectivity index (χ0v) is 16.8. The fourth-order valence-electron chi connectivity index (χ4n) is 5.11. The van der Waals surface area contributed by atoms with Gasteiger partial charge in [-0.3, -0.25) is 9.78 Å². The molecule has 1 unspecified atom stereocenters. The minimum absolute atomic E-state index is 0.202. The SMILES string of the molecule is CC(C)(C)CC(=O)C(F)=C1C[C@@H]2CC(c3ccnc4ccc(F)cc34)C[C@@H]2C1. The molecule has 2 aromatic rings. The standard InChI is InChI=1S/C24H27F2NO/c1-24(2,3)13-22(28)23(26)17-10-14-8-16(9-15(14)11-17)19-6-7-27-21-5-4-18(25)12-20(19)21/h4-7,12,14-16H,8-11,13H2,1-3H3/t14-,15+,16?. The summed E-state index contributed by atoms with van der Waals surface area (Å²) in [6.45, 7) is 5.87. The second kappa shape index (κ2) is 7.06. The number of carbonyl (C=O) groups excluding carboxylic acids is 1. The zero-order valence-electron chi connectivity index (χ0n) is 16.8. The summed E-state index contributed by atoms with van der Waals surface area (Å²) in [4.78, 5) is 16.6. The van der Waals surface area contributed by atoms with E-state index in [9.17, 15) is 13.6 Å². The summed E-state index contributed by atoms with van der Waals surface area (Å²) in [6.07, 6.45) is 5.32. The second-order valence-corrected chi connectivity index (χ2v) is 9.74. The monoisotopic (exact) mass is 383 g/mol. The third-order valence-electron chi connectivity index (χ3n) is 6.28. The molecule has 2 aliphatic carbocycles. The number of fused-ring (bicyclic) bond motifs is 2. The van der Waals surface area contributed by atoms with Gasteiger partial charge in [-0.2, -0.15) is 0 Å². The molecule has 0 aliphatic heterocycles. The van der Waals surface area contributed by atoms with Gasteiger partial charge in [0.1, 0.15) is 5.82 Å². The minimum Gasteiger partial charge on any atom is -0.292 e. The molecule has 4 heteroatoms. The molecule has 2 nitrogen and oxygen atoms in total. The van der Waals surface area contributed by atoms with Gasteiger partial charge in [0.05, 0.1) is 5.52 Å². The molecule has 1 heterocycles. The van der Waals surface area contributed by atoms with Crippen molar-refractivity contribution in [1.29, 1.82) is 0 Å². The highest BCUT2D eigenvalue weighted by atomic mass is 19.1. The van der Waals surface area contributed by atoms with Crippen LogP contribution in [0, 0.1) is 23.1 Å². The lowest BCUT2D eigenvalue weighted by molar-refractivity contribution is -0.118. The number of carbonyl (C=O) groups is 1. The molecule has 0 radical (unpaired) electrons. The molecule has 0 spiro atoms. The smallest absolute Gasteiger partial charge is 0.191 e. The van der Waals surface area contributed by atoms with Crippen LogP contribution < -0.4 is 0 Å². The number of benzene rings is 1. The summed E-state index contributed by atoms with van der Waals surface area (Å²) in [7, 11) is 0. The lowest BCUT2D eigenvalue weighted by Crippen LogP contribution is -2.14. The molecule has 1 aromatic heterocycles. The van der Waals surface area contributed by atoms with Crippen LogP contribution in [-0.4, -0.2) is 10.8 Å². The topological polar surface area (TPSA) is 30.0 Å². The Morgan fingerprint density at radius 3 is 2.46 bits per heavy atom. The fourth-order valence-corrected chi connectivity index (χ4v) is 5.11. The predicted octanol–water partition coefficient (Wildman–Crippen LogP) is 6.51. The lowest BCUT2D eigenvalue weighted by atomic mass is 9.88. The van der Waals surface area contributed by atoms with Gasteiger partial charge in [-0.1, -0.05) is 20.8 Å². The van der Waals surface area contributed by atoms with E-state index in [1.54, 1.807) is 18.3 Å². The number of ketones is 1. The minimum atomic E-state index is -0.489. The van der Waals surface area contributed by atoms with Crippen molar-refractivity contribution in [3.8, 4) is 0 Å². The molecule has 148 valence electrons. The zero-order chi connectivity index (χ0) is 20.1. The van der Waals surface area contributed by atoms with E-state index in [1.165, 1.54) is 6.07 Å². The summed E-state index contributed by atoms with van der Waals surface area (Å²) in [5.74, 6) is 0.0728. The molecule has 0 N–H and O–H groups in total. The number of hydrogen-bond donors (Lipinski definition) is 0. The Morgan fingerprint density at radius 1 is 1.14 bits per heavy atom. The van der Waals surface area contributed by atoms with Crippen molar-refractivity contribution in [1.82, 2.24) is 4.98 Å². The first-order valence-electron chi connectivity index (χ1n) is 10.2. The average Bonchev–Trinajstić information content (AvgIpc) is 3.18. The number of rotatable bonds is 3. The maximum absolute atomic E-state index is 14.7. The number of Topliss-reactive ketones (excluding diaryl/α,β-unsaturated/α-hetero) is 1. The highest BCUT2D eigenvalue weighted by Gasteiger charge is 2.42. The van der Waals surface area contributed by atoms with Crippen molar-refractivity contribution < 1.29 is 13.6 Å². The molecule has 2 aliphatic rings. The molecular weight excluding hydrogens is 356 g/mol. The van der Waals surface area contributed by atoms with E-state index in [2.05, 4.69) is 4.98 Å². The van der Waals surface area contributed by atoms with Crippen LogP contribution >= 0.6 is 0 Å². The number of hydrogen-bond acceptors (Lipinski definition) is 2. The van der Waals surface area contributed by atoms with E-state index in [0.717, 1.165) is 29.3 Å². The fraction of sp³-hybridized carbons (Fsp3) is 0.500. The summed E-state index contributed by atoms with van der Waals surface area (Å²) in [5.41, 5.74) is 2.48. The first kappa shape index (κ1) is 19.2. The van der Waals surface area contributed by atoms with E-state index in [0.29, 0.717) is 36.2 Å². The Bertz CT molecular complexity index is 941. The van der Waals surface area contributed by atoms with Crippen molar-refractivity contribution in [2.24, 2.45) is 17.3 Å². The van der Waals surface area contributed by atoms with Gasteiger partial charge >= 0.3 is 0 Å². The van der Waals surface area contributed by atoms with Gasteiger partial charge in [-0.15, -0.1) is 0 Å². The Labute approximate surface area is 165 Å².